The van der Waals surface area contributed by atoms with Gasteiger partial charge in [-0.3, -0.25) is 0 Å². The van der Waals surface area contributed by atoms with Gasteiger partial charge < -0.3 is 14.9 Å². The Balaban J connectivity index is 1.63. The number of anilines is 1. The number of nitrogens with one attached hydrogen (secondary N) is 2. The molecular weight excluding hydrogens is 379 g/mol. The predicted octanol–water partition coefficient (Wildman–Crippen LogP) is 5.57. The number of ether oxygens (including phenoxy) is 2. The van der Waals surface area contributed by atoms with Crippen molar-refractivity contribution in [1.29, 1.82) is 0 Å². The quantitative estimate of drug-likeness (QED) is 0.460. The van der Waals surface area contributed by atoms with E-state index in [1.54, 1.807) is 6.07 Å². The van der Waals surface area contributed by atoms with Crippen LogP contribution in [0.5, 0.6) is 11.5 Å². The first kappa shape index (κ1) is 20.0. The maximum absolute atomic E-state index is 13.2. The molecule has 0 unspecified atom stereocenters. The van der Waals surface area contributed by atoms with Crippen LogP contribution in [0.25, 0.3) is 0 Å². The molecule has 0 saturated heterocycles. The number of para-hydroxylation sites is 1. The number of benzene rings is 3. The van der Waals surface area contributed by atoms with Gasteiger partial charge in [0.15, 0.2) is 11.5 Å². The van der Waals surface area contributed by atoms with E-state index in [2.05, 4.69) is 10.9 Å². The zero-order chi connectivity index (χ0) is 19.8. The molecule has 0 amide bonds. The molecule has 3 aromatic rings. The minimum absolute atomic E-state index is 0.229. The highest BCUT2D eigenvalue weighted by atomic mass is 35.5. The van der Waals surface area contributed by atoms with Crippen LogP contribution in [-0.2, 0) is 13.2 Å². The molecule has 4 nitrogen and oxygen atoms in total. The summed E-state index contributed by atoms with van der Waals surface area (Å²) >= 11 is 6.06. The SMILES string of the molecule is CCOc1cc(CNNc2ccccc2)ccc1OCc1ccc(F)cc1Cl. The largest absolute Gasteiger partial charge is 0.490 e. The molecule has 2 N–H and O–H groups in total. The third-order valence-electron chi connectivity index (χ3n) is 4.01. The summed E-state index contributed by atoms with van der Waals surface area (Å²) in [5.74, 6) is 0.895. The molecule has 28 heavy (non-hydrogen) atoms. The van der Waals surface area contributed by atoms with Gasteiger partial charge in [-0.2, -0.15) is 0 Å². The van der Waals surface area contributed by atoms with Crippen LogP contribution >= 0.6 is 11.6 Å². The first-order chi connectivity index (χ1) is 13.7. The minimum atomic E-state index is -0.371. The molecule has 0 aliphatic heterocycles. The van der Waals surface area contributed by atoms with E-state index < -0.39 is 0 Å². The summed E-state index contributed by atoms with van der Waals surface area (Å²) in [6, 6.07) is 19.9. The topological polar surface area (TPSA) is 42.5 Å². The number of hydrogen-bond donors (Lipinski definition) is 2. The fourth-order valence-corrected chi connectivity index (χ4v) is 2.84. The Morgan fingerprint density at radius 1 is 0.929 bits per heavy atom. The summed E-state index contributed by atoms with van der Waals surface area (Å²) in [6.07, 6.45) is 0. The van der Waals surface area contributed by atoms with Crippen LogP contribution < -0.4 is 20.3 Å². The molecule has 0 atom stereocenters. The summed E-state index contributed by atoms with van der Waals surface area (Å²) in [6.45, 7) is 3.28. The van der Waals surface area contributed by atoms with E-state index in [1.807, 2.05) is 55.5 Å². The zero-order valence-corrected chi connectivity index (χ0v) is 16.3. The van der Waals surface area contributed by atoms with Crippen molar-refractivity contribution in [3.05, 3.63) is 88.7 Å². The van der Waals surface area contributed by atoms with Crippen LogP contribution in [0.15, 0.2) is 66.7 Å². The van der Waals surface area contributed by atoms with Gasteiger partial charge in [0.2, 0.25) is 0 Å². The lowest BCUT2D eigenvalue weighted by Crippen LogP contribution is -2.20. The molecule has 3 aromatic carbocycles. The van der Waals surface area contributed by atoms with Crippen LogP contribution in [-0.4, -0.2) is 6.61 Å². The Labute approximate surface area is 169 Å². The van der Waals surface area contributed by atoms with Gasteiger partial charge in [-0.1, -0.05) is 41.9 Å². The van der Waals surface area contributed by atoms with E-state index in [0.717, 1.165) is 11.3 Å². The molecule has 0 aliphatic rings. The van der Waals surface area contributed by atoms with E-state index in [0.29, 0.717) is 35.2 Å². The maximum atomic E-state index is 13.2. The molecular formula is C22H22ClFN2O2. The molecule has 0 aliphatic carbocycles. The van der Waals surface area contributed by atoms with Crippen molar-refractivity contribution in [1.82, 2.24) is 5.43 Å². The van der Waals surface area contributed by atoms with Crippen molar-refractivity contribution in [3.8, 4) is 11.5 Å². The van der Waals surface area contributed by atoms with Crippen molar-refractivity contribution in [3.63, 3.8) is 0 Å². The smallest absolute Gasteiger partial charge is 0.161 e. The third kappa shape index (κ3) is 5.62. The van der Waals surface area contributed by atoms with Crippen molar-refractivity contribution in [2.45, 2.75) is 20.1 Å². The minimum Gasteiger partial charge on any atom is -0.490 e. The first-order valence-electron chi connectivity index (χ1n) is 9.02. The summed E-state index contributed by atoms with van der Waals surface area (Å²) in [7, 11) is 0. The average Bonchev–Trinajstić information content (AvgIpc) is 2.69. The van der Waals surface area contributed by atoms with E-state index in [-0.39, 0.29) is 12.4 Å². The molecule has 6 heteroatoms. The average molecular weight is 401 g/mol. The Morgan fingerprint density at radius 3 is 2.50 bits per heavy atom. The van der Waals surface area contributed by atoms with E-state index in [1.165, 1.54) is 12.1 Å². The number of halogens is 2. The van der Waals surface area contributed by atoms with Crippen LogP contribution in [0, 0.1) is 5.82 Å². The molecule has 0 heterocycles. The molecule has 0 fully saturated rings. The highest BCUT2D eigenvalue weighted by molar-refractivity contribution is 6.31. The number of rotatable bonds is 9. The van der Waals surface area contributed by atoms with Crippen LogP contribution in [0.1, 0.15) is 18.1 Å². The lowest BCUT2D eigenvalue weighted by Gasteiger charge is -2.15. The van der Waals surface area contributed by atoms with Crippen molar-refractivity contribution in [2.75, 3.05) is 12.0 Å². The highest BCUT2D eigenvalue weighted by Gasteiger charge is 2.09. The van der Waals surface area contributed by atoms with Gasteiger partial charge in [0.25, 0.3) is 0 Å². The Morgan fingerprint density at radius 2 is 1.75 bits per heavy atom. The Kier molecular flexibility index (Phi) is 7.12. The van der Waals surface area contributed by atoms with Gasteiger partial charge in [-0.05, 0) is 48.9 Å². The standard InChI is InChI=1S/C22H22ClFN2O2/c1-2-27-22-12-16(14-25-26-19-6-4-3-5-7-19)8-11-21(22)28-15-17-9-10-18(24)13-20(17)23/h3-13,25-26H,2,14-15H2,1H3. The normalized spacial score (nSPS) is 10.5. The molecule has 0 spiro atoms. The van der Waals surface area contributed by atoms with Gasteiger partial charge in [-0.25, -0.2) is 9.82 Å². The number of hydrogen-bond acceptors (Lipinski definition) is 4. The van der Waals surface area contributed by atoms with Crippen molar-refractivity contribution < 1.29 is 13.9 Å². The fraction of sp³-hybridized carbons (Fsp3) is 0.182. The van der Waals surface area contributed by atoms with Gasteiger partial charge in [0, 0.05) is 17.8 Å². The first-order valence-corrected chi connectivity index (χ1v) is 9.40. The third-order valence-corrected chi connectivity index (χ3v) is 4.36. The Hall–Kier alpha value is -2.76. The van der Waals surface area contributed by atoms with Crippen molar-refractivity contribution >= 4 is 17.3 Å². The molecule has 0 radical (unpaired) electrons. The second-order valence-corrected chi connectivity index (χ2v) is 6.49. The van der Waals surface area contributed by atoms with Gasteiger partial charge >= 0.3 is 0 Å². The molecule has 146 valence electrons. The maximum Gasteiger partial charge on any atom is 0.161 e. The van der Waals surface area contributed by atoms with Gasteiger partial charge in [-0.15, -0.1) is 0 Å². The fourth-order valence-electron chi connectivity index (χ4n) is 2.61. The second kappa shape index (κ2) is 9.97. The second-order valence-electron chi connectivity index (χ2n) is 6.08. The summed E-state index contributed by atoms with van der Waals surface area (Å²) in [5, 5.41) is 0.339. The Bertz CT molecular complexity index is 906. The van der Waals surface area contributed by atoms with E-state index >= 15 is 0 Å². The lowest BCUT2D eigenvalue weighted by atomic mass is 10.2. The monoisotopic (exact) mass is 400 g/mol. The summed E-state index contributed by atoms with van der Waals surface area (Å²) in [5.41, 5.74) is 9.07. The molecule has 0 bridgehead atoms. The molecule has 0 aromatic heterocycles. The summed E-state index contributed by atoms with van der Waals surface area (Å²) < 4.78 is 24.7. The van der Waals surface area contributed by atoms with Gasteiger partial charge in [0.1, 0.15) is 12.4 Å². The van der Waals surface area contributed by atoms with E-state index in [4.69, 9.17) is 21.1 Å². The van der Waals surface area contributed by atoms with E-state index in [9.17, 15) is 4.39 Å². The van der Waals surface area contributed by atoms with Gasteiger partial charge in [0.05, 0.1) is 11.6 Å². The number of hydrazine groups is 1. The van der Waals surface area contributed by atoms with Crippen LogP contribution in [0.4, 0.5) is 10.1 Å². The van der Waals surface area contributed by atoms with Crippen LogP contribution in [0.2, 0.25) is 5.02 Å². The van der Waals surface area contributed by atoms with Crippen LogP contribution in [0.3, 0.4) is 0 Å². The van der Waals surface area contributed by atoms with Crippen molar-refractivity contribution in [2.24, 2.45) is 0 Å². The molecule has 3 rings (SSSR count). The zero-order valence-electron chi connectivity index (χ0n) is 15.5. The molecule has 0 saturated carbocycles. The summed E-state index contributed by atoms with van der Waals surface area (Å²) in [4.78, 5) is 0. The highest BCUT2D eigenvalue weighted by Crippen LogP contribution is 2.30. The lowest BCUT2D eigenvalue weighted by molar-refractivity contribution is 0.269. The predicted molar refractivity (Wildman–Crippen MR) is 110 cm³/mol.